The maximum Gasteiger partial charge on any atom is 0.233 e. The van der Waals surface area contributed by atoms with Crippen molar-refractivity contribution in [1.29, 1.82) is 0 Å². The molecule has 0 aromatic heterocycles. The third-order valence-corrected chi connectivity index (χ3v) is 5.87. The van der Waals surface area contributed by atoms with Gasteiger partial charge >= 0.3 is 0 Å². The average molecular weight is 352 g/mol. The van der Waals surface area contributed by atoms with E-state index in [1.807, 2.05) is 4.90 Å². The first kappa shape index (κ1) is 17.2. The Balaban J connectivity index is 1.38. The van der Waals surface area contributed by atoms with Crippen LogP contribution in [0.1, 0.15) is 29.5 Å². The predicted molar refractivity (Wildman–Crippen MR) is 100 cm³/mol. The van der Waals surface area contributed by atoms with E-state index in [0.717, 1.165) is 51.1 Å². The van der Waals surface area contributed by atoms with Gasteiger partial charge in [-0.25, -0.2) is 4.39 Å². The van der Waals surface area contributed by atoms with Crippen LogP contribution in [0.3, 0.4) is 0 Å². The molecule has 1 saturated carbocycles. The highest BCUT2D eigenvalue weighted by Gasteiger charge is 2.53. The molecule has 2 aliphatic rings. The highest BCUT2D eigenvalue weighted by Crippen LogP contribution is 2.49. The van der Waals surface area contributed by atoms with E-state index in [4.69, 9.17) is 0 Å². The number of carbonyl (C=O) groups is 1. The summed E-state index contributed by atoms with van der Waals surface area (Å²) in [5.74, 6) is -0.0264. The van der Waals surface area contributed by atoms with Crippen LogP contribution in [0.15, 0.2) is 48.5 Å². The minimum atomic E-state index is -0.397. The van der Waals surface area contributed by atoms with Gasteiger partial charge in [-0.1, -0.05) is 36.4 Å². The highest BCUT2D eigenvalue weighted by molar-refractivity contribution is 5.91. The molecule has 26 heavy (non-hydrogen) atoms. The first-order valence-electron chi connectivity index (χ1n) is 9.41. The van der Waals surface area contributed by atoms with E-state index in [9.17, 15) is 9.18 Å². The van der Waals surface area contributed by atoms with Crippen molar-refractivity contribution >= 4 is 5.91 Å². The van der Waals surface area contributed by atoms with Crippen molar-refractivity contribution in [3.05, 3.63) is 71.0 Å². The maximum atomic E-state index is 13.2. The fourth-order valence-electron chi connectivity index (χ4n) is 3.96. The highest BCUT2D eigenvalue weighted by atomic mass is 19.1. The van der Waals surface area contributed by atoms with Gasteiger partial charge in [0.15, 0.2) is 0 Å². The third-order valence-electron chi connectivity index (χ3n) is 5.87. The molecule has 1 aliphatic carbocycles. The van der Waals surface area contributed by atoms with E-state index >= 15 is 0 Å². The molecule has 1 heterocycles. The van der Waals surface area contributed by atoms with Gasteiger partial charge in [-0.15, -0.1) is 0 Å². The van der Waals surface area contributed by atoms with Gasteiger partial charge in [0.1, 0.15) is 5.82 Å². The van der Waals surface area contributed by atoms with Crippen LogP contribution in [0.2, 0.25) is 0 Å². The SMILES string of the molecule is Cc1ccccc1CN1CCN(C(=O)C2(c3ccc(F)cc3)CC2)CC1. The van der Waals surface area contributed by atoms with Crippen molar-refractivity contribution in [2.24, 2.45) is 0 Å². The zero-order chi connectivity index (χ0) is 18.1. The summed E-state index contributed by atoms with van der Waals surface area (Å²) in [6, 6.07) is 15.0. The van der Waals surface area contributed by atoms with Crippen molar-refractivity contribution < 1.29 is 9.18 Å². The van der Waals surface area contributed by atoms with Crippen molar-refractivity contribution in [3.8, 4) is 0 Å². The molecular weight excluding hydrogens is 327 g/mol. The number of nitrogens with zero attached hydrogens (tertiary/aromatic N) is 2. The predicted octanol–water partition coefficient (Wildman–Crippen LogP) is 3.51. The minimum absolute atomic E-state index is 0.222. The maximum absolute atomic E-state index is 13.2. The molecule has 1 saturated heterocycles. The summed E-state index contributed by atoms with van der Waals surface area (Å²) in [7, 11) is 0. The summed E-state index contributed by atoms with van der Waals surface area (Å²) in [4.78, 5) is 17.5. The quantitative estimate of drug-likeness (QED) is 0.841. The summed E-state index contributed by atoms with van der Waals surface area (Å²) >= 11 is 0. The Bertz CT molecular complexity index is 790. The Morgan fingerprint density at radius 3 is 2.27 bits per heavy atom. The van der Waals surface area contributed by atoms with Crippen LogP contribution < -0.4 is 0 Å². The Morgan fingerprint density at radius 2 is 1.65 bits per heavy atom. The van der Waals surface area contributed by atoms with Gasteiger partial charge in [-0.05, 0) is 48.6 Å². The average Bonchev–Trinajstić information content (AvgIpc) is 3.46. The van der Waals surface area contributed by atoms with Gasteiger partial charge in [-0.3, -0.25) is 9.69 Å². The fraction of sp³-hybridized carbons (Fsp3) is 0.409. The van der Waals surface area contributed by atoms with E-state index < -0.39 is 5.41 Å². The van der Waals surface area contributed by atoms with Gasteiger partial charge in [0.2, 0.25) is 5.91 Å². The number of aryl methyl sites for hydroxylation is 1. The van der Waals surface area contributed by atoms with E-state index in [1.54, 1.807) is 12.1 Å². The standard InChI is InChI=1S/C22H25FN2O/c1-17-4-2-3-5-18(17)16-24-12-14-25(15-13-24)21(26)22(10-11-22)19-6-8-20(23)9-7-19/h2-9H,10-16H2,1H3. The fourth-order valence-corrected chi connectivity index (χ4v) is 3.96. The second-order valence-electron chi connectivity index (χ2n) is 7.58. The van der Waals surface area contributed by atoms with Crippen LogP contribution >= 0.6 is 0 Å². The van der Waals surface area contributed by atoms with E-state index in [0.29, 0.717) is 0 Å². The van der Waals surface area contributed by atoms with Crippen LogP contribution in [0.4, 0.5) is 4.39 Å². The molecule has 2 aromatic carbocycles. The summed E-state index contributed by atoms with van der Waals surface area (Å²) < 4.78 is 13.2. The number of carbonyl (C=O) groups excluding carboxylic acids is 1. The van der Waals surface area contributed by atoms with E-state index in [1.165, 1.54) is 23.3 Å². The number of piperazine rings is 1. The molecule has 0 unspecified atom stereocenters. The molecule has 2 fully saturated rings. The summed E-state index contributed by atoms with van der Waals surface area (Å²) in [5, 5.41) is 0. The lowest BCUT2D eigenvalue weighted by atomic mass is 9.94. The van der Waals surface area contributed by atoms with Crippen LogP contribution in [0.25, 0.3) is 0 Å². The summed E-state index contributed by atoms with van der Waals surface area (Å²) in [5.41, 5.74) is 3.24. The number of hydrogen-bond acceptors (Lipinski definition) is 2. The van der Waals surface area contributed by atoms with Gasteiger partial charge in [0.05, 0.1) is 5.41 Å². The van der Waals surface area contributed by atoms with E-state index in [2.05, 4.69) is 36.1 Å². The van der Waals surface area contributed by atoms with Crippen LogP contribution in [-0.4, -0.2) is 41.9 Å². The smallest absolute Gasteiger partial charge is 0.233 e. The zero-order valence-electron chi connectivity index (χ0n) is 15.2. The minimum Gasteiger partial charge on any atom is -0.339 e. The molecular formula is C22H25FN2O. The number of amides is 1. The molecule has 0 spiro atoms. The van der Waals surface area contributed by atoms with Gasteiger partial charge < -0.3 is 4.90 Å². The van der Waals surface area contributed by atoms with Crippen molar-refractivity contribution in [2.45, 2.75) is 31.7 Å². The normalized spacial score (nSPS) is 19.4. The number of benzene rings is 2. The van der Waals surface area contributed by atoms with Crippen molar-refractivity contribution in [1.82, 2.24) is 9.80 Å². The van der Waals surface area contributed by atoms with Crippen LogP contribution in [-0.2, 0) is 16.8 Å². The van der Waals surface area contributed by atoms with Crippen molar-refractivity contribution in [2.75, 3.05) is 26.2 Å². The second-order valence-corrected chi connectivity index (χ2v) is 7.58. The largest absolute Gasteiger partial charge is 0.339 e. The first-order chi connectivity index (χ1) is 12.6. The van der Waals surface area contributed by atoms with Crippen LogP contribution in [0.5, 0.6) is 0 Å². The molecule has 0 bridgehead atoms. The second kappa shape index (κ2) is 6.84. The summed E-state index contributed by atoms with van der Waals surface area (Å²) in [6.45, 7) is 6.44. The van der Waals surface area contributed by atoms with Gasteiger partial charge in [-0.2, -0.15) is 0 Å². The number of hydrogen-bond donors (Lipinski definition) is 0. The van der Waals surface area contributed by atoms with Crippen LogP contribution in [0, 0.1) is 12.7 Å². The molecule has 2 aromatic rings. The molecule has 4 heteroatoms. The molecule has 0 N–H and O–H groups in total. The van der Waals surface area contributed by atoms with Crippen molar-refractivity contribution in [3.63, 3.8) is 0 Å². The topological polar surface area (TPSA) is 23.6 Å². The molecule has 0 atom stereocenters. The lowest BCUT2D eigenvalue weighted by molar-refractivity contribution is -0.135. The van der Waals surface area contributed by atoms with Gasteiger partial charge in [0, 0.05) is 32.7 Å². The molecule has 4 rings (SSSR count). The number of halogens is 1. The number of rotatable bonds is 4. The molecule has 1 amide bonds. The summed E-state index contributed by atoms with van der Waals surface area (Å²) in [6.07, 6.45) is 1.75. The first-order valence-corrected chi connectivity index (χ1v) is 9.41. The molecule has 0 radical (unpaired) electrons. The Kier molecular flexibility index (Phi) is 4.53. The zero-order valence-corrected chi connectivity index (χ0v) is 15.2. The Hall–Kier alpha value is -2.20. The molecule has 3 nitrogen and oxygen atoms in total. The lowest BCUT2D eigenvalue weighted by Crippen LogP contribution is -2.51. The van der Waals surface area contributed by atoms with Gasteiger partial charge in [0.25, 0.3) is 0 Å². The molecule has 1 aliphatic heterocycles. The third kappa shape index (κ3) is 3.26. The Morgan fingerprint density at radius 1 is 1.00 bits per heavy atom. The monoisotopic (exact) mass is 352 g/mol. The van der Waals surface area contributed by atoms with E-state index in [-0.39, 0.29) is 11.7 Å². The molecule has 136 valence electrons. The Labute approximate surface area is 154 Å². The lowest BCUT2D eigenvalue weighted by Gasteiger charge is -2.37.